The van der Waals surface area contributed by atoms with E-state index in [4.69, 9.17) is 0 Å². The van der Waals surface area contributed by atoms with Gasteiger partial charge >= 0.3 is 0 Å². The van der Waals surface area contributed by atoms with Gasteiger partial charge in [0.1, 0.15) is 30.2 Å². The minimum absolute atomic E-state index is 0.0603. The van der Waals surface area contributed by atoms with E-state index in [1.807, 2.05) is 85.7 Å². The van der Waals surface area contributed by atoms with Crippen LogP contribution in [-0.4, -0.2) is 71.7 Å². The minimum atomic E-state index is -0.943. The molecule has 246 valence electrons. The van der Waals surface area contributed by atoms with Crippen LogP contribution >= 0.6 is 0 Å². The lowest BCUT2D eigenvalue weighted by molar-refractivity contribution is -0.143. The Hall–Kier alpha value is -3.43. The molecule has 5 amide bonds. The molecule has 2 rings (SSSR count). The first-order chi connectivity index (χ1) is 20.6. The number of rotatable bonds is 10. The van der Waals surface area contributed by atoms with E-state index >= 15 is 0 Å². The third-order valence-electron chi connectivity index (χ3n) is 7.73. The van der Waals surface area contributed by atoms with E-state index < -0.39 is 59.7 Å². The first-order valence-corrected chi connectivity index (χ1v) is 16.1. The molecule has 0 unspecified atom stereocenters. The predicted molar refractivity (Wildman–Crippen MR) is 172 cm³/mol. The zero-order valence-electron chi connectivity index (χ0n) is 28.1. The lowest BCUT2D eigenvalue weighted by Crippen LogP contribution is -2.58. The molecular weight excluding hydrogens is 558 g/mol. The number of benzene rings is 1. The number of hydrogen-bond donors (Lipinski definition) is 4. The lowest BCUT2D eigenvalue weighted by Gasteiger charge is -2.33. The van der Waals surface area contributed by atoms with Crippen LogP contribution in [0.25, 0.3) is 0 Å². The van der Waals surface area contributed by atoms with E-state index in [0.29, 0.717) is 25.7 Å². The van der Waals surface area contributed by atoms with Crippen LogP contribution in [0.4, 0.5) is 0 Å². The summed E-state index contributed by atoms with van der Waals surface area (Å²) in [5.74, 6) is -2.03. The van der Waals surface area contributed by atoms with Crippen LogP contribution in [0.5, 0.6) is 0 Å². The van der Waals surface area contributed by atoms with Crippen LogP contribution in [0, 0.1) is 23.7 Å². The van der Waals surface area contributed by atoms with Gasteiger partial charge in [-0.15, -0.1) is 0 Å². The van der Waals surface area contributed by atoms with Gasteiger partial charge in [0.2, 0.25) is 29.5 Å². The van der Waals surface area contributed by atoms with Gasteiger partial charge in [0.15, 0.2) is 0 Å². The molecule has 4 N–H and O–H groups in total. The summed E-state index contributed by atoms with van der Waals surface area (Å²) in [4.78, 5) is 70.5. The SMILES string of the molecule is CC(C)C[C@@H]1NC(=O)[C@H](CC(C)C)NC(=O)[C@H](Cc2ccccc2)N(C)C(=O)[C@H](CC(C)C)NC(=O)[C@H](CC(C)C)NC1=O. The quantitative estimate of drug-likeness (QED) is 0.321. The van der Waals surface area contributed by atoms with Crippen LogP contribution in [-0.2, 0) is 30.4 Å². The Morgan fingerprint density at radius 1 is 0.545 bits per heavy atom. The topological polar surface area (TPSA) is 137 Å². The molecule has 1 aromatic carbocycles. The summed E-state index contributed by atoms with van der Waals surface area (Å²) in [5, 5.41) is 11.6. The van der Waals surface area contributed by atoms with Crippen molar-refractivity contribution < 1.29 is 24.0 Å². The molecule has 10 nitrogen and oxygen atoms in total. The molecule has 44 heavy (non-hydrogen) atoms. The molecule has 1 aliphatic rings. The average Bonchev–Trinajstić information content (AvgIpc) is 2.92. The highest BCUT2D eigenvalue weighted by atomic mass is 16.2. The summed E-state index contributed by atoms with van der Waals surface area (Å²) in [6, 6.07) is 4.80. The van der Waals surface area contributed by atoms with Crippen molar-refractivity contribution in [1.29, 1.82) is 0 Å². The van der Waals surface area contributed by atoms with Crippen molar-refractivity contribution in [3.63, 3.8) is 0 Å². The normalized spacial score (nSPS) is 24.6. The number of nitrogens with zero attached hydrogens (tertiary/aromatic N) is 1. The van der Waals surface area contributed by atoms with Crippen molar-refractivity contribution in [2.24, 2.45) is 23.7 Å². The second-order valence-corrected chi connectivity index (χ2v) is 13.9. The first-order valence-electron chi connectivity index (χ1n) is 16.1. The number of carbonyl (C=O) groups is 5. The van der Waals surface area contributed by atoms with Crippen LogP contribution in [0.3, 0.4) is 0 Å². The number of likely N-dealkylation sites (N-methyl/N-ethyl adjacent to an activating group) is 1. The van der Waals surface area contributed by atoms with Gasteiger partial charge in [-0.25, -0.2) is 0 Å². The van der Waals surface area contributed by atoms with Crippen LogP contribution < -0.4 is 21.3 Å². The maximum Gasteiger partial charge on any atom is 0.245 e. The van der Waals surface area contributed by atoms with Crippen molar-refractivity contribution in [2.45, 2.75) is 118 Å². The van der Waals surface area contributed by atoms with Gasteiger partial charge in [0.25, 0.3) is 0 Å². The van der Waals surface area contributed by atoms with Crippen molar-refractivity contribution in [3.05, 3.63) is 35.9 Å². The highest BCUT2D eigenvalue weighted by molar-refractivity contribution is 5.98. The molecule has 0 saturated carbocycles. The summed E-state index contributed by atoms with van der Waals surface area (Å²) in [7, 11) is 1.57. The summed E-state index contributed by atoms with van der Waals surface area (Å²) in [5.41, 5.74) is 0.850. The van der Waals surface area contributed by atoms with E-state index in [1.54, 1.807) is 7.05 Å². The number of hydrogen-bond acceptors (Lipinski definition) is 5. The Morgan fingerprint density at radius 2 is 0.886 bits per heavy atom. The zero-order chi connectivity index (χ0) is 33.1. The standard InChI is InChI=1S/C34H55N5O5/c1-20(2)15-25-30(40)36-26(16-21(3)4)32(42)38-28(18-23(7)8)34(44)39(9)29(19-24-13-11-10-12-14-24)33(43)37-27(17-22(5)6)31(41)35-25/h10-14,20-23,25-29H,15-19H2,1-9H3,(H,35,41)(H,36,40)(H,37,43)(H,38,42)/t25-,26-,27-,28-,29-/m0/s1. The predicted octanol–water partition coefficient (Wildman–Crippen LogP) is 3.19. The Bertz CT molecular complexity index is 1120. The maximum absolute atomic E-state index is 14.1. The van der Waals surface area contributed by atoms with Gasteiger partial charge in [0.05, 0.1) is 0 Å². The fourth-order valence-electron chi connectivity index (χ4n) is 5.53. The van der Waals surface area contributed by atoms with Crippen LogP contribution in [0.15, 0.2) is 30.3 Å². The Labute approximate surface area is 263 Å². The average molecular weight is 614 g/mol. The van der Waals surface area contributed by atoms with Crippen molar-refractivity contribution in [3.8, 4) is 0 Å². The molecule has 1 aromatic rings. The van der Waals surface area contributed by atoms with Crippen molar-refractivity contribution in [2.75, 3.05) is 7.05 Å². The molecule has 5 atom stereocenters. The minimum Gasteiger partial charge on any atom is -0.343 e. The van der Waals surface area contributed by atoms with Gasteiger partial charge in [-0.3, -0.25) is 24.0 Å². The van der Waals surface area contributed by atoms with Crippen LogP contribution in [0.2, 0.25) is 0 Å². The molecule has 0 radical (unpaired) electrons. The number of carbonyl (C=O) groups excluding carboxylic acids is 5. The fourth-order valence-corrected chi connectivity index (χ4v) is 5.53. The van der Waals surface area contributed by atoms with E-state index in [2.05, 4.69) is 21.3 Å². The third kappa shape index (κ3) is 11.6. The van der Waals surface area contributed by atoms with Gasteiger partial charge < -0.3 is 26.2 Å². The molecular formula is C34H55N5O5. The molecule has 1 heterocycles. The van der Waals surface area contributed by atoms with Crippen molar-refractivity contribution in [1.82, 2.24) is 26.2 Å². The third-order valence-corrected chi connectivity index (χ3v) is 7.73. The van der Waals surface area contributed by atoms with E-state index in [0.717, 1.165) is 5.56 Å². The second kappa shape index (κ2) is 17.2. The van der Waals surface area contributed by atoms with E-state index in [9.17, 15) is 24.0 Å². The first kappa shape index (κ1) is 36.8. The summed E-state index contributed by atoms with van der Waals surface area (Å²) in [6.07, 6.45) is 1.62. The van der Waals surface area contributed by atoms with Gasteiger partial charge in [-0.05, 0) is 54.9 Å². The molecule has 0 spiro atoms. The molecule has 1 saturated heterocycles. The zero-order valence-corrected chi connectivity index (χ0v) is 28.1. The number of nitrogens with one attached hydrogen (secondary N) is 4. The van der Waals surface area contributed by atoms with Crippen LogP contribution in [0.1, 0.15) is 86.6 Å². The summed E-state index contributed by atoms with van der Waals surface area (Å²) >= 11 is 0. The summed E-state index contributed by atoms with van der Waals surface area (Å²) in [6.45, 7) is 15.6. The molecule has 0 bridgehead atoms. The lowest BCUT2D eigenvalue weighted by atomic mass is 9.98. The molecule has 10 heteroatoms. The molecule has 0 aliphatic carbocycles. The molecule has 0 aromatic heterocycles. The maximum atomic E-state index is 14.1. The highest BCUT2D eigenvalue weighted by Crippen LogP contribution is 2.17. The molecule has 1 aliphatic heterocycles. The highest BCUT2D eigenvalue weighted by Gasteiger charge is 2.37. The van der Waals surface area contributed by atoms with Gasteiger partial charge in [-0.1, -0.05) is 85.7 Å². The monoisotopic (exact) mass is 613 g/mol. The van der Waals surface area contributed by atoms with E-state index in [1.165, 1.54) is 4.90 Å². The summed E-state index contributed by atoms with van der Waals surface area (Å²) < 4.78 is 0. The van der Waals surface area contributed by atoms with Gasteiger partial charge in [0, 0.05) is 13.5 Å². The number of amides is 5. The Kier molecular flexibility index (Phi) is 14.3. The Balaban J connectivity index is 2.66. The fraction of sp³-hybridized carbons (Fsp3) is 0.676. The smallest absolute Gasteiger partial charge is 0.245 e. The van der Waals surface area contributed by atoms with Crippen molar-refractivity contribution >= 4 is 29.5 Å². The van der Waals surface area contributed by atoms with Gasteiger partial charge in [-0.2, -0.15) is 0 Å². The largest absolute Gasteiger partial charge is 0.343 e. The second-order valence-electron chi connectivity index (χ2n) is 13.9. The Morgan fingerprint density at radius 3 is 1.27 bits per heavy atom. The van der Waals surface area contributed by atoms with E-state index in [-0.39, 0.29) is 30.1 Å². The molecule has 1 fully saturated rings.